The minimum Gasteiger partial charge on any atom is -0.481 e. The Morgan fingerprint density at radius 3 is 2.43 bits per heavy atom. The molecule has 1 N–H and O–H groups in total. The molecule has 23 heavy (non-hydrogen) atoms. The fraction of sp³-hybridized carbons (Fsp3) is 0.765. The van der Waals surface area contributed by atoms with Gasteiger partial charge in [-0.3, -0.25) is 4.79 Å². The Morgan fingerprint density at radius 2 is 1.87 bits per heavy atom. The monoisotopic (exact) mass is 324 g/mol. The van der Waals surface area contributed by atoms with Crippen molar-refractivity contribution in [2.45, 2.75) is 52.1 Å². The number of carboxylic acid groups (broad SMARTS) is 1. The molecule has 0 aromatic carbocycles. The number of carbonyl (C=O) groups excluding carboxylic acids is 1. The van der Waals surface area contributed by atoms with Crippen LogP contribution in [0.4, 0.5) is 4.79 Å². The van der Waals surface area contributed by atoms with Gasteiger partial charge in [0.15, 0.2) is 0 Å². The Bertz CT molecular complexity index is 473. The highest BCUT2D eigenvalue weighted by molar-refractivity contribution is 5.70. The number of amides is 1. The first kappa shape index (κ1) is 17.6. The molecule has 130 valence electrons. The van der Waals surface area contributed by atoms with Crippen LogP contribution in [0.15, 0.2) is 11.8 Å². The van der Waals surface area contributed by atoms with Gasteiger partial charge in [-0.2, -0.15) is 0 Å². The topological polar surface area (TPSA) is 70.1 Å². The van der Waals surface area contributed by atoms with E-state index in [1.807, 2.05) is 20.8 Å². The van der Waals surface area contributed by atoms with E-state index in [9.17, 15) is 9.59 Å². The first-order valence-corrected chi connectivity index (χ1v) is 8.41. The van der Waals surface area contributed by atoms with Gasteiger partial charge in [0.05, 0.1) is 5.92 Å². The Hall–Kier alpha value is -1.72. The van der Waals surface area contributed by atoms with Gasteiger partial charge in [0.2, 0.25) is 0 Å². The zero-order valence-corrected chi connectivity index (χ0v) is 14.4. The van der Waals surface area contributed by atoms with Gasteiger partial charge in [0.1, 0.15) is 5.60 Å². The van der Waals surface area contributed by atoms with E-state index in [4.69, 9.17) is 9.84 Å². The van der Waals surface area contributed by atoms with Crippen molar-refractivity contribution in [3.8, 4) is 0 Å². The predicted octanol–water partition coefficient (Wildman–Crippen LogP) is 2.70. The summed E-state index contributed by atoms with van der Waals surface area (Å²) < 4.78 is 5.43. The van der Waals surface area contributed by atoms with Crippen LogP contribution in [-0.2, 0) is 9.53 Å². The average Bonchev–Trinajstić information content (AvgIpc) is 2.71. The number of hydrogen-bond donors (Lipinski definition) is 1. The van der Waals surface area contributed by atoms with Crippen LogP contribution in [0.2, 0.25) is 0 Å². The summed E-state index contributed by atoms with van der Waals surface area (Å²) in [6.07, 6.45) is 5.06. The van der Waals surface area contributed by atoms with Gasteiger partial charge in [-0.25, -0.2) is 4.79 Å². The van der Waals surface area contributed by atoms with E-state index in [-0.39, 0.29) is 12.0 Å². The summed E-state index contributed by atoms with van der Waals surface area (Å²) in [6.45, 7) is 8.44. The summed E-state index contributed by atoms with van der Waals surface area (Å²) in [6, 6.07) is 0. The minimum atomic E-state index is -0.685. The molecule has 1 amide bonds. The summed E-state index contributed by atoms with van der Waals surface area (Å²) >= 11 is 0. The molecule has 0 bridgehead atoms. The van der Waals surface area contributed by atoms with E-state index in [2.05, 4.69) is 11.0 Å². The SMILES string of the molecule is CC(C)(C)OC(=O)N1CC=C(N2CCC(C(=O)O)CC2)CCC1. The van der Waals surface area contributed by atoms with E-state index in [1.54, 1.807) is 4.90 Å². The van der Waals surface area contributed by atoms with Crippen LogP contribution < -0.4 is 0 Å². The lowest BCUT2D eigenvalue weighted by Crippen LogP contribution is -2.37. The van der Waals surface area contributed by atoms with Gasteiger partial charge in [0, 0.05) is 31.9 Å². The van der Waals surface area contributed by atoms with Crippen molar-refractivity contribution in [3.63, 3.8) is 0 Å². The molecular formula is C17H28N2O4. The Kier molecular flexibility index (Phi) is 5.55. The van der Waals surface area contributed by atoms with Crippen LogP contribution in [-0.4, -0.2) is 58.7 Å². The Labute approximate surface area is 138 Å². The Morgan fingerprint density at radius 1 is 1.22 bits per heavy atom. The van der Waals surface area contributed by atoms with Crippen LogP contribution >= 0.6 is 0 Å². The maximum atomic E-state index is 12.2. The van der Waals surface area contributed by atoms with Crippen molar-refractivity contribution in [1.29, 1.82) is 0 Å². The van der Waals surface area contributed by atoms with Crippen molar-refractivity contribution >= 4 is 12.1 Å². The highest BCUT2D eigenvalue weighted by Crippen LogP contribution is 2.24. The zero-order chi connectivity index (χ0) is 17.0. The number of likely N-dealkylation sites (tertiary alicyclic amines) is 1. The fourth-order valence-electron chi connectivity index (χ4n) is 3.05. The van der Waals surface area contributed by atoms with Crippen molar-refractivity contribution in [2.24, 2.45) is 5.92 Å². The number of carboxylic acids is 1. The van der Waals surface area contributed by atoms with Crippen LogP contribution in [0.25, 0.3) is 0 Å². The van der Waals surface area contributed by atoms with Crippen LogP contribution in [0.1, 0.15) is 46.5 Å². The molecule has 0 aliphatic carbocycles. The zero-order valence-electron chi connectivity index (χ0n) is 14.4. The third kappa shape index (κ3) is 5.15. The number of rotatable bonds is 2. The number of ether oxygens (including phenoxy) is 1. The highest BCUT2D eigenvalue weighted by atomic mass is 16.6. The maximum Gasteiger partial charge on any atom is 0.410 e. The van der Waals surface area contributed by atoms with Crippen LogP contribution in [0.3, 0.4) is 0 Å². The molecule has 1 saturated heterocycles. The number of carbonyl (C=O) groups is 2. The van der Waals surface area contributed by atoms with Crippen molar-refractivity contribution < 1.29 is 19.4 Å². The van der Waals surface area contributed by atoms with Gasteiger partial charge in [-0.15, -0.1) is 0 Å². The van der Waals surface area contributed by atoms with Crippen LogP contribution in [0, 0.1) is 5.92 Å². The summed E-state index contributed by atoms with van der Waals surface area (Å²) in [5.74, 6) is -0.897. The van der Waals surface area contributed by atoms with Crippen LogP contribution in [0.5, 0.6) is 0 Å². The number of allylic oxidation sites excluding steroid dienone is 1. The molecule has 0 aromatic rings. The molecule has 0 atom stereocenters. The standard InChI is InChI=1S/C17H28N2O4/c1-17(2,3)23-16(22)19-9-4-5-14(8-12-19)18-10-6-13(7-11-18)15(20)21/h8,13H,4-7,9-12H2,1-3H3,(H,20,21). The molecule has 2 rings (SSSR count). The van der Waals surface area contributed by atoms with Crippen molar-refractivity contribution in [1.82, 2.24) is 9.80 Å². The maximum absolute atomic E-state index is 12.2. The smallest absolute Gasteiger partial charge is 0.410 e. The Balaban J connectivity index is 1.90. The van der Waals surface area contributed by atoms with E-state index in [1.165, 1.54) is 5.70 Å². The van der Waals surface area contributed by atoms with E-state index < -0.39 is 11.6 Å². The summed E-state index contributed by atoms with van der Waals surface area (Å²) in [7, 11) is 0. The number of piperidine rings is 1. The number of aliphatic carboxylic acids is 1. The molecule has 0 radical (unpaired) electrons. The highest BCUT2D eigenvalue weighted by Gasteiger charge is 2.27. The first-order chi connectivity index (χ1) is 10.8. The average molecular weight is 324 g/mol. The molecule has 6 heteroatoms. The normalized spacial score (nSPS) is 20.7. The summed E-state index contributed by atoms with van der Waals surface area (Å²) in [5.41, 5.74) is 0.758. The van der Waals surface area contributed by atoms with Crippen molar-refractivity contribution in [2.75, 3.05) is 26.2 Å². The molecule has 2 heterocycles. The molecule has 0 spiro atoms. The molecule has 2 aliphatic rings. The number of nitrogens with zero attached hydrogens (tertiary/aromatic N) is 2. The largest absolute Gasteiger partial charge is 0.481 e. The molecule has 0 unspecified atom stereocenters. The molecular weight excluding hydrogens is 296 g/mol. The minimum absolute atomic E-state index is 0.212. The second kappa shape index (κ2) is 7.23. The van der Waals surface area contributed by atoms with Gasteiger partial charge in [-0.05, 0) is 52.5 Å². The summed E-state index contributed by atoms with van der Waals surface area (Å²) in [5, 5.41) is 9.08. The lowest BCUT2D eigenvalue weighted by atomic mass is 9.96. The van der Waals surface area contributed by atoms with Gasteiger partial charge >= 0.3 is 12.1 Å². The van der Waals surface area contributed by atoms with Gasteiger partial charge in [0.25, 0.3) is 0 Å². The third-order valence-corrected chi connectivity index (χ3v) is 4.31. The summed E-state index contributed by atoms with van der Waals surface area (Å²) in [4.78, 5) is 27.2. The van der Waals surface area contributed by atoms with E-state index in [0.717, 1.165) is 25.9 Å². The van der Waals surface area contributed by atoms with Gasteiger partial charge in [-0.1, -0.05) is 0 Å². The van der Waals surface area contributed by atoms with Crippen molar-refractivity contribution in [3.05, 3.63) is 11.8 Å². The molecule has 6 nitrogen and oxygen atoms in total. The second-order valence-electron chi connectivity index (χ2n) is 7.32. The predicted molar refractivity (Wildman–Crippen MR) is 87.1 cm³/mol. The molecule has 1 fully saturated rings. The lowest BCUT2D eigenvalue weighted by molar-refractivity contribution is -0.143. The first-order valence-electron chi connectivity index (χ1n) is 8.41. The lowest BCUT2D eigenvalue weighted by Gasteiger charge is -2.33. The molecule has 2 aliphatic heterocycles. The fourth-order valence-corrected chi connectivity index (χ4v) is 3.05. The third-order valence-electron chi connectivity index (χ3n) is 4.31. The molecule has 0 saturated carbocycles. The van der Waals surface area contributed by atoms with E-state index in [0.29, 0.717) is 25.9 Å². The van der Waals surface area contributed by atoms with Gasteiger partial charge < -0.3 is 19.6 Å². The quantitative estimate of drug-likeness (QED) is 0.845. The molecule has 0 aromatic heterocycles. The van der Waals surface area contributed by atoms with E-state index >= 15 is 0 Å². The number of hydrogen-bond acceptors (Lipinski definition) is 4. The second-order valence-corrected chi connectivity index (χ2v) is 7.32.